The van der Waals surface area contributed by atoms with Crippen LogP contribution in [0.25, 0.3) is 0 Å². The third-order valence-corrected chi connectivity index (χ3v) is 4.80. The van der Waals surface area contributed by atoms with Gasteiger partial charge in [0.1, 0.15) is 5.75 Å². The maximum absolute atomic E-state index is 13.0. The summed E-state index contributed by atoms with van der Waals surface area (Å²) in [6.45, 7) is 5.57. The van der Waals surface area contributed by atoms with E-state index in [0.717, 1.165) is 10.0 Å². The molecule has 0 heterocycles. The van der Waals surface area contributed by atoms with Crippen LogP contribution < -0.4 is 10.5 Å². The molecule has 2 aromatic rings. The molecule has 2 rings (SSSR count). The lowest BCUT2D eigenvalue weighted by Gasteiger charge is -2.23. The van der Waals surface area contributed by atoms with Crippen molar-refractivity contribution in [2.75, 3.05) is 19.7 Å². The Balaban J connectivity index is 2.11. The average molecular weight is 447 g/mol. The highest BCUT2D eigenvalue weighted by Gasteiger charge is 2.18. The van der Waals surface area contributed by atoms with Gasteiger partial charge in [0.05, 0.1) is 11.1 Å². The summed E-state index contributed by atoms with van der Waals surface area (Å²) in [7, 11) is 0. The lowest BCUT2D eigenvalue weighted by atomic mass is 10.1. The van der Waals surface area contributed by atoms with Crippen LogP contribution in [0, 0.1) is 5.92 Å². The number of amides is 2. The summed E-state index contributed by atoms with van der Waals surface area (Å²) in [6.07, 6.45) is 0.847. The first-order valence-electron chi connectivity index (χ1n) is 9.40. The number of halogens is 1. The van der Waals surface area contributed by atoms with Gasteiger partial charge in [-0.15, -0.1) is 0 Å². The van der Waals surface area contributed by atoms with Crippen molar-refractivity contribution in [3.63, 3.8) is 0 Å². The molecule has 0 aliphatic heterocycles. The Morgan fingerprint density at radius 3 is 2.43 bits per heavy atom. The first-order chi connectivity index (χ1) is 13.4. The third kappa shape index (κ3) is 7.00. The van der Waals surface area contributed by atoms with E-state index in [1.165, 1.54) is 0 Å². The molecule has 5 nitrogen and oxygen atoms in total. The first-order valence-corrected chi connectivity index (χ1v) is 10.2. The molecule has 2 aromatic carbocycles. The quantitative estimate of drug-likeness (QED) is 0.598. The molecular formula is C22H27BrN2O3. The normalized spacial score (nSPS) is 10.7. The minimum absolute atomic E-state index is 0.131. The predicted octanol–water partition coefficient (Wildman–Crippen LogP) is 4.04. The van der Waals surface area contributed by atoms with Gasteiger partial charge in [0.2, 0.25) is 5.91 Å². The number of carbonyl (C=O) groups excluding carboxylic acids is 2. The molecule has 2 amide bonds. The van der Waals surface area contributed by atoms with Crippen molar-refractivity contribution in [2.24, 2.45) is 11.7 Å². The van der Waals surface area contributed by atoms with Gasteiger partial charge < -0.3 is 15.4 Å². The van der Waals surface area contributed by atoms with Crippen LogP contribution in [-0.2, 0) is 11.2 Å². The van der Waals surface area contributed by atoms with E-state index in [4.69, 9.17) is 10.5 Å². The number of rotatable bonds is 10. The molecule has 2 N–H and O–H groups in total. The molecule has 0 radical (unpaired) electrons. The molecule has 0 atom stereocenters. The van der Waals surface area contributed by atoms with Gasteiger partial charge in [-0.2, -0.15) is 0 Å². The van der Waals surface area contributed by atoms with Crippen LogP contribution in [0.5, 0.6) is 5.75 Å². The van der Waals surface area contributed by atoms with Crippen molar-refractivity contribution in [1.29, 1.82) is 0 Å². The van der Waals surface area contributed by atoms with Crippen LogP contribution in [0.4, 0.5) is 0 Å². The molecule has 0 aliphatic rings. The van der Waals surface area contributed by atoms with Gasteiger partial charge in [0.25, 0.3) is 5.91 Å². The molecule has 28 heavy (non-hydrogen) atoms. The molecule has 0 bridgehead atoms. The van der Waals surface area contributed by atoms with Crippen molar-refractivity contribution in [3.8, 4) is 5.75 Å². The maximum Gasteiger partial charge on any atom is 0.253 e. The molecule has 150 valence electrons. The van der Waals surface area contributed by atoms with E-state index in [1.807, 2.05) is 30.3 Å². The number of carbonyl (C=O) groups is 2. The van der Waals surface area contributed by atoms with E-state index in [0.29, 0.717) is 43.3 Å². The zero-order chi connectivity index (χ0) is 20.5. The summed E-state index contributed by atoms with van der Waals surface area (Å²) < 4.78 is 6.48. The molecule has 6 heteroatoms. The summed E-state index contributed by atoms with van der Waals surface area (Å²) >= 11 is 3.48. The van der Waals surface area contributed by atoms with Crippen LogP contribution in [0.3, 0.4) is 0 Å². The fraction of sp³-hybridized carbons (Fsp3) is 0.364. The molecule has 0 fully saturated rings. The summed E-state index contributed by atoms with van der Waals surface area (Å²) in [5, 5.41) is 0. The van der Waals surface area contributed by atoms with Gasteiger partial charge in [-0.05, 0) is 52.0 Å². The molecule has 0 aliphatic carbocycles. The number of hydrogen-bond donors (Lipinski definition) is 1. The van der Waals surface area contributed by atoms with Crippen LogP contribution in [-0.4, -0.2) is 36.4 Å². The molecule has 0 saturated carbocycles. The number of nitrogens with two attached hydrogens (primary N) is 1. The van der Waals surface area contributed by atoms with E-state index in [9.17, 15) is 9.59 Å². The molecule has 0 unspecified atom stereocenters. The van der Waals surface area contributed by atoms with Gasteiger partial charge in [-0.1, -0.05) is 44.2 Å². The Morgan fingerprint density at radius 2 is 1.82 bits per heavy atom. The number of primary amides is 1. The van der Waals surface area contributed by atoms with Crippen molar-refractivity contribution in [1.82, 2.24) is 4.90 Å². The number of nitrogens with zero attached hydrogens (tertiary/aromatic N) is 1. The smallest absolute Gasteiger partial charge is 0.253 e. The van der Waals surface area contributed by atoms with Gasteiger partial charge in [-0.25, -0.2) is 0 Å². The largest absolute Gasteiger partial charge is 0.492 e. The van der Waals surface area contributed by atoms with Gasteiger partial charge >= 0.3 is 0 Å². The van der Waals surface area contributed by atoms with Gasteiger partial charge in [0.15, 0.2) is 0 Å². The van der Waals surface area contributed by atoms with Crippen molar-refractivity contribution < 1.29 is 14.3 Å². The Bertz CT molecular complexity index is 794. The topological polar surface area (TPSA) is 72.6 Å². The summed E-state index contributed by atoms with van der Waals surface area (Å²) in [5.41, 5.74) is 6.97. The fourth-order valence-electron chi connectivity index (χ4n) is 2.66. The van der Waals surface area contributed by atoms with Crippen molar-refractivity contribution >= 4 is 27.7 Å². The minimum atomic E-state index is -0.420. The highest BCUT2D eigenvalue weighted by atomic mass is 79.9. The summed E-state index contributed by atoms with van der Waals surface area (Å²) in [6, 6.07) is 15.3. The third-order valence-electron chi connectivity index (χ3n) is 4.18. The van der Waals surface area contributed by atoms with E-state index >= 15 is 0 Å². The highest BCUT2D eigenvalue weighted by Crippen LogP contribution is 2.27. The van der Waals surface area contributed by atoms with Gasteiger partial charge in [-0.3, -0.25) is 9.59 Å². The van der Waals surface area contributed by atoms with Crippen LogP contribution in [0.2, 0.25) is 0 Å². The van der Waals surface area contributed by atoms with Crippen LogP contribution in [0.1, 0.15) is 36.2 Å². The Hall–Kier alpha value is -2.34. The standard InChI is InChI=1S/C22H27BrN2O3/c1-16(2)15-28-20-9-8-18(14-19(20)23)22(27)25(13-11-21(24)26)12-10-17-6-4-3-5-7-17/h3-9,14,16H,10-13,15H2,1-2H3,(H2,24,26). The van der Waals surface area contributed by atoms with Crippen molar-refractivity contribution in [2.45, 2.75) is 26.7 Å². The van der Waals surface area contributed by atoms with E-state index < -0.39 is 5.91 Å². The molecule has 0 aromatic heterocycles. The van der Waals surface area contributed by atoms with E-state index in [1.54, 1.807) is 23.1 Å². The second-order valence-electron chi connectivity index (χ2n) is 7.09. The lowest BCUT2D eigenvalue weighted by Crippen LogP contribution is -2.35. The second-order valence-corrected chi connectivity index (χ2v) is 7.95. The summed E-state index contributed by atoms with van der Waals surface area (Å²) in [4.78, 5) is 25.9. The van der Waals surface area contributed by atoms with E-state index in [2.05, 4.69) is 29.8 Å². The van der Waals surface area contributed by atoms with E-state index in [-0.39, 0.29) is 12.3 Å². The van der Waals surface area contributed by atoms with Gasteiger partial charge in [0, 0.05) is 25.1 Å². The first kappa shape index (κ1) is 22.0. The minimum Gasteiger partial charge on any atom is -0.492 e. The Labute approximate surface area is 175 Å². The number of benzene rings is 2. The summed E-state index contributed by atoms with van der Waals surface area (Å²) in [5.74, 6) is 0.568. The number of ether oxygens (including phenoxy) is 1. The molecule has 0 saturated heterocycles. The average Bonchev–Trinajstić information content (AvgIpc) is 2.67. The monoisotopic (exact) mass is 446 g/mol. The maximum atomic E-state index is 13.0. The van der Waals surface area contributed by atoms with Crippen LogP contribution >= 0.6 is 15.9 Å². The highest BCUT2D eigenvalue weighted by molar-refractivity contribution is 9.10. The molecular weight excluding hydrogens is 420 g/mol. The van der Waals surface area contributed by atoms with Crippen LogP contribution in [0.15, 0.2) is 53.0 Å². The Kier molecular flexibility index (Phi) is 8.51. The second kappa shape index (κ2) is 10.9. The zero-order valence-corrected chi connectivity index (χ0v) is 17.9. The zero-order valence-electron chi connectivity index (χ0n) is 16.4. The molecule has 0 spiro atoms. The Morgan fingerprint density at radius 1 is 1.11 bits per heavy atom. The lowest BCUT2D eigenvalue weighted by molar-refractivity contribution is -0.118. The number of hydrogen-bond acceptors (Lipinski definition) is 3. The predicted molar refractivity (Wildman–Crippen MR) is 114 cm³/mol. The fourth-order valence-corrected chi connectivity index (χ4v) is 3.15. The SMILES string of the molecule is CC(C)COc1ccc(C(=O)N(CCC(N)=O)CCc2ccccc2)cc1Br. The van der Waals surface area contributed by atoms with Crippen molar-refractivity contribution in [3.05, 3.63) is 64.1 Å².